The monoisotopic (exact) mass is 268 g/mol. The van der Waals surface area contributed by atoms with Gasteiger partial charge in [-0.05, 0) is 25.1 Å². The normalized spacial score (nSPS) is 10.9. The summed E-state index contributed by atoms with van der Waals surface area (Å²) >= 11 is 0. The Morgan fingerprint density at radius 2 is 2.10 bits per heavy atom. The third-order valence-corrected chi connectivity index (χ3v) is 3.24. The van der Waals surface area contributed by atoms with Gasteiger partial charge in [0.2, 0.25) is 0 Å². The van der Waals surface area contributed by atoms with Crippen molar-refractivity contribution in [3.63, 3.8) is 0 Å². The molecule has 0 unspecified atom stereocenters. The van der Waals surface area contributed by atoms with E-state index in [-0.39, 0.29) is 0 Å². The lowest BCUT2D eigenvalue weighted by atomic mass is 10.2. The first-order valence-electron chi connectivity index (χ1n) is 6.52. The summed E-state index contributed by atoms with van der Waals surface area (Å²) in [5.74, 6) is 2.35. The number of pyridine rings is 1. The van der Waals surface area contributed by atoms with Crippen LogP contribution >= 0.6 is 0 Å². The third kappa shape index (κ3) is 2.51. The van der Waals surface area contributed by atoms with Crippen molar-refractivity contribution in [3.05, 3.63) is 59.7 Å². The summed E-state index contributed by atoms with van der Waals surface area (Å²) in [4.78, 5) is 4.36. The van der Waals surface area contributed by atoms with Gasteiger partial charge >= 0.3 is 0 Å². The second-order valence-electron chi connectivity index (χ2n) is 4.65. The van der Waals surface area contributed by atoms with Gasteiger partial charge in [0.15, 0.2) is 0 Å². The SMILES string of the molecule is Cc1oc(COc2cnc3ccccc3c2)cc1CN. The summed E-state index contributed by atoms with van der Waals surface area (Å²) in [7, 11) is 0. The molecule has 0 aliphatic carbocycles. The van der Waals surface area contributed by atoms with Crippen LogP contribution in [0, 0.1) is 6.92 Å². The number of para-hydroxylation sites is 1. The van der Waals surface area contributed by atoms with Gasteiger partial charge in [0.1, 0.15) is 23.9 Å². The number of ether oxygens (including phenoxy) is 1. The van der Waals surface area contributed by atoms with Crippen molar-refractivity contribution in [2.24, 2.45) is 5.73 Å². The molecule has 3 rings (SSSR count). The minimum absolute atomic E-state index is 0.376. The highest BCUT2D eigenvalue weighted by Crippen LogP contribution is 2.20. The molecular weight excluding hydrogens is 252 g/mol. The molecule has 0 saturated carbocycles. The molecule has 0 aliphatic rings. The van der Waals surface area contributed by atoms with Gasteiger partial charge in [0.25, 0.3) is 0 Å². The summed E-state index contributed by atoms with van der Waals surface area (Å²) in [5, 5.41) is 1.06. The fourth-order valence-electron chi connectivity index (χ4n) is 2.15. The Bertz CT molecular complexity index is 734. The zero-order valence-electron chi connectivity index (χ0n) is 11.3. The maximum atomic E-state index is 5.72. The Kier molecular flexibility index (Phi) is 3.39. The molecule has 2 heterocycles. The number of aryl methyl sites for hydroxylation is 1. The highest BCUT2D eigenvalue weighted by Gasteiger charge is 2.07. The topological polar surface area (TPSA) is 61.3 Å². The van der Waals surface area contributed by atoms with Gasteiger partial charge in [-0.1, -0.05) is 18.2 Å². The third-order valence-electron chi connectivity index (χ3n) is 3.24. The summed E-state index contributed by atoms with van der Waals surface area (Å²) in [6.45, 7) is 2.76. The molecule has 2 N–H and O–H groups in total. The predicted octanol–water partition coefficient (Wildman–Crippen LogP) is 3.17. The molecule has 0 radical (unpaired) electrons. The lowest BCUT2D eigenvalue weighted by molar-refractivity contribution is 0.267. The van der Waals surface area contributed by atoms with Crippen molar-refractivity contribution in [3.8, 4) is 5.75 Å². The number of hydrogen-bond acceptors (Lipinski definition) is 4. The largest absolute Gasteiger partial charge is 0.484 e. The first kappa shape index (κ1) is 12.7. The highest BCUT2D eigenvalue weighted by molar-refractivity contribution is 5.79. The number of furan rings is 1. The maximum absolute atomic E-state index is 5.72. The van der Waals surface area contributed by atoms with Gasteiger partial charge in [0, 0.05) is 17.5 Å². The molecule has 4 nitrogen and oxygen atoms in total. The molecule has 1 aromatic carbocycles. The average molecular weight is 268 g/mol. The first-order valence-corrected chi connectivity index (χ1v) is 6.52. The Labute approximate surface area is 117 Å². The molecule has 2 aromatic heterocycles. The molecule has 0 aliphatic heterocycles. The number of nitrogens with two attached hydrogens (primary N) is 1. The van der Waals surface area contributed by atoms with Gasteiger partial charge in [-0.15, -0.1) is 0 Å². The van der Waals surface area contributed by atoms with Gasteiger partial charge in [0.05, 0.1) is 11.7 Å². The average Bonchev–Trinajstić information content (AvgIpc) is 2.85. The minimum Gasteiger partial charge on any atom is -0.484 e. The molecule has 4 heteroatoms. The van der Waals surface area contributed by atoms with Gasteiger partial charge in [-0.25, -0.2) is 0 Å². The lowest BCUT2D eigenvalue weighted by Crippen LogP contribution is -1.96. The number of nitrogens with zero attached hydrogens (tertiary/aromatic N) is 1. The molecule has 0 fully saturated rings. The van der Waals surface area contributed by atoms with Crippen LogP contribution in [0.5, 0.6) is 5.75 Å². The van der Waals surface area contributed by atoms with Crippen molar-refractivity contribution < 1.29 is 9.15 Å². The van der Waals surface area contributed by atoms with Crippen LogP contribution in [0.25, 0.3) is 10.9 Å². The van der Waals surface area contributed by atoms with E-state index in [1.807, 2.05) is 43.3 Å². The van der Waals surface area contributed by atoms with Crippen LogP contribution in [0.3, 0.4) is 0 Å². The summed E-state index contributed by atoms with van der Waals surface area (Å²) in [5.41, 5.74) is 7.59. The number of rotatable bonds is 4. The predicted molar refractivity (Wildman–Crippen MR) is 77.4 cm³/mol. The van der Waals surface area contributed by atoms with E-state index in [2.05, 4.69) is 4.98 Å². The van der Waals surface area contributed by atoms with E-state index in [1.165, 1.54) is 0 Å². The Hall–Kier alpha value is -2.33. The summed E-state index contributed by atoms with van der Waals surface area (Å²) in [6, 6.07) is 11.8. The van der Waals surface area contributed by atoms with Crippen LogP contribution in [0.1, 0.15) is 17.1 Å². The zero-order valence-corrected chi connectivity index (χ0v) is 11.3. The van der Waals surface area contributed by atoms with Crippen molar-refractivity contribution in [1.82, 2.24) is 4.98 Å². The van der Waals surface area contributed by atoms with Gasteiger partial charge in [-0.3, -0.25) is 4.98 Å². The number of fused-ring (bicyclic) bond motifs is 1. The second kappa shape index (κ2) is 5.35. The molecule has 0 amide bonds. The Balaban J connectivity index is 1.75. The molecule has 0 bridgehead atoms. The fraction of sp³-hybridized carbons (Fsp3) is 0.188. The van der Waals surface area contributed by atoms with Crippen LogP contribution in [0.4, 0.5) is 0 Å². The lowest BCUT2D eigenvalue weighted by Gasteiger charge is -2.05. The summed E-state index contributed by atoms with van der Waals surface area (Å²) in [6.07, 6.45) is 1.72. The Morgan fingerprint density at radius 3 is 2.90 bits per heavy atom. The van der Waals surface area contributed by atoms with E-state index >= 15 is 0 Å². The standard InChI is InChI=1S/C16H16N2O2/c1-11-13(8-17)7-15(20-11)10-19-14-6-12-4-2-3-5-16(12)18-9-14/h2-7,9H,8,10,17H2,1H3. The van der Waals surface area contributed by atoms with E-state index in [0.29, 0.717) is 13.2 Å². The maximum Gasteiger partial charge on any atom is 0.146 e. The molecule has 0 spiro atoms. The fourth-order valence-corrected chi connectivity index (χ4v) is 2.15. The van der Waals surface area contributed by atoms with Crippen LogP contribution in [0.15, 0.2) is 47.0 Å². The number of hydrogen-bond donors (Lipinski definition) is 1. The van der Waals surface area contributed by atoms with Crippen LogP contribution in [-0.4, -0.2) is 4.98 Å². The molecule has 20 heavy (non-hydrogen) atoms. The first-order chi connectivity index (χ1) is 9.76. The molecule has 0 saturated heterocycles. The van der Waals surface area contributed by atoms with Crippen LogP contribution in [-0.2, 0) is 13.2 Å². The molecule has 102 valence electrons. The summed E-state index contributed by atoms with van der Waals surface area (Å²) < 4.78 is 11.3. The Morgan fingerprint density at radius 1 is 1.25 bits per heavy atom. The van der Waals surface area contributed by atoms with Crippen LogP contribution < -0.4 is 10.5 Å². The van der Waals surface area contributed by atoms with E-state index in [1.54, 1.807) is 6.20 Å². The molecule has 0 atom stereocenters. The second-order valence-corrected chi connectivity index (χ2v) is 4.65. The van der Waals surface area contributed by atoms with Gasteiger partial charge in [-0.2, -0.15) is 0 Å². The quantitative estimate of drug-likeness (QED) is 0.789. The van der Waals surface area contributed by atoms with E-state index in [9.17, 15) is 0 Å². The van der Waals surface area contributed by atoms with Gasteiger partial charge < -0.3 is 14.9 Å². The molecular formula is C16H16N2O2. The number of benzene rings is 1. The van der Waals surface area contributed by atoms with Crippen LogP contribution in [0.2, 0.25) is 0 Å². The van der Waals surface area contributed by atoms with E-state index in [0.717, 1.165) is 33.7 Å². The van der Waals surface area contributed by atoms with E-state index in [4.69, 9.17) is 14.9 Å². The molecule has 3 aromatic rings. The van der Waals surface area contributed by atoms with Crippen molar-refractivity contribution in [1.29, 1.82) is 0 Å². The smallest absolute Gasteiger partial charge is 0.146 e. The number of aromatic nitrogens is 1. The zero-order chi connectivity index (χ0) is 13.9. The minimum atomic E-state index is 0.376. The van der Waals surface area contributed by atoms with Crippen molar-refractivity contribution in [2.45, 2.75) is 20.1 Å². The van der Waals surface area contributed by atoms with Crippen molar-refractivity contribution in [2.75, 3.05) is 0 Å². The van der Waals surface area contributed by atoms with Crippen molar-refractivity contribution >= 4 is 10.9 Å². The van der Waals surface area contributed by atoms with E-state index < -0.39 is 0 Å². The highest BCUT2D eigenvalue weighted by atomic mass is 16.5.